The van der Waals surface area contributed by atoms with E-state index in [9.17, 15) is 4.79 Å². The summed E-state index contributed by atoms with van der Waals surface area (Å²) in [6.07, 6.45) is 2.49. The van der Waals surface area contributed by atoms with Crippen molar-refractivity contribution in [3.8, 4) is 0 Å². The summed E-state index contributed by atoms with van der Waals surface area (Å²) in [6, 6.07) is 7.76. The van der Waals surface area contributed by atoms with Crippen LogP contribution in [0.15, 0.2) is 24.3 Å². The zero-order valence-electron chi connectivity index (χ0n) is 11.3. The Balaban J connectivity index is 1.72. The van der Waals surface area contributed by atoms with Crippen molar-refractivity contribution in [1.82, 2.24) is 5.32 Å². The molecule has 2 atom stereocenters. The van der Waals surface area contributed by atoms with Gasteiger partial charge in [-0.1, -0.05) is 24.3 Å². The van der Waals surface area contributed by atoms with Gasteiger partial charge < -0.3 is 15.2 Å². The van der Waals surface area contributed by atoms with Crippen LogP contribution in [0.2, 0.25) is 0 Å². The molecule has 104 valence electrons. The van der Waals surface area contributed by atoms with Gasteiger partial charge in [0.1, 0.15) is 6.10 Å². The van der Waals surface area contributed by atoms with Gasteiger partial charge in [0.2, 0.25) is 5.91 Å². The number of benzene rings is 1. The summed E-state index contributed by atoms with van der Waals surface area (Å²) >= 11 is 0. The molecule has 1 amide bonds. The molecule has 4 heteroatoms. The summed E-state index contributed by atoms with van der Waals surface area (Å²) < 4.78 is 5.52. The molecule has 0 aromatic heterocycles. The van der Waals surface area contributed by atoms with Crippen LogP contribution < -0.4 is 5.32 Å². The van der Waals surface area contributed by atoms with E-state index >= 15 is 0 Å². The van der Waals surface area contributed by atoms with Crippen LogP contribution in [0.25, 0.3) is 0 Å². The van der Waals surface area contributed by atoms with Gasteiger partial charge in [-0.05, 0) is 37.3 Å². The summed E-state index contributed by atoms with van der Waals surface area (Å²) in [6.45, 7) is 2.68. The van der Waals surface area contributed by atoms with Gasteiger partial charge in [-0.15, -0.1) is 0 Å². The number of hydrogen-bond acceptors (Lipinski definition) is 3. The maximum Gasteiger partial charge on any atom is 0.249 e. The van der Waals surface area contributed by atoms with Crippen molar-refractivity contribution in [2.75, 3.05) is 6.54 Å². The summed E-state index contributed by atoms with van der Waals surface area (Å²) in [5.74, 6) is -0.00340. The molecule has 0 bridgehead atoms. The Morgan fingerprint density at radius 3 is 2.58 bits per heavy atom. The molecule has 1 saturated heterocycles. The van der Waals surface area contributed by atoms with Crippen LogP contribution in [0, 0.1) is 0 Å². The lowest BCUT2D eigenvalue weighted by atomic mass is 10.1. The van der Waals surface area contributed by atoms with Crippen LogP contribution in [0.3, 0.4) is 0 Å². The molecule has 0 saturated carbocycles. The first-order valence-electron chi connectivity index (χ1n) is 6.81. The largest absolute Gasteiger partial charge is 0.392 e. The molecular formula is C15H21NO3. The van der Waals surface area contributed by atoms with E-state index in [4.69, 9.17) is 9.84 Å². The fraction of sp³-hybridized carbons (Fsp3) is 0.533. The van der Waals surface area contributed by atoms with Crippen LogP contribution >= 0.6 is 0 Å². The molecule has 19 heavy (non-hydrogen) atoms. The lowest BCUT2D eigenvalue weighted by Gasteiger charge is -2.11. The van der Waals surface area contributed by atoms with Gasteiger partial charge in [0.05, 0.1) is 12.7 Å². The Kier molecular flexibility index (Phi) is 4.93. The van der Waals surface area contributed by atoms with Crippen molar-refractivity contribution in [2.45, 2.75) is 45.0 Å². The molecule has 1 heterocycles. The van der Waals surface area contributed by atoms with E-state index in [1.165, 1.54) is 0 Å². The molecule has 4 nitrogen and oxygen atoms in total. The van der Waals surface area contributed by atoms with Gasteiger partial charge >= 0.3 is 0 Å². The predicted molar refractivity (Wildman–Crippen MR) is 72.6 cm³/mol. The molecule has 1 aromatic carbocycles. The van der Waals surface area contributed by atoms with Crippen molar-refractivity contribution in [3.05, 3.63) is 35.4 Å². The normalized spacial score (nSPS) is 22.4. The van der Waals surface area contributed by atoms with E-state index in [1.807, 2.05) is 31.2 Å². The summed E-state index contributed by atoms with van der Waals surface area (Å²) in [4.78, 5) is 11.8. The maximum absolute atomic E-state index is 11.8. The Bertz CT molecular complexity index is 416. The lowest BCUT2D eigenvalue weighted by Crippen LogP contribution is -2.35. The SMILES string of the molecule is CC1CCC(C(=O)NCCc2ccc(CO)cc2)O1. The van der Waals surface area contributed by atoms with Crippen molar-refractivity contribution < 1.29 is 14.6 Å². The molecule has 2 N–H and O–H groups in total. The molecule has 0 aliphatic carbocycles. The average molecular weight is 263 g/mol. The number of aliphatic hydroxyl groups is 1. The van der Waals surface area contributed by atoms with Crippen molar-refractivity contribution >= 4 is 5.91 Å². The number of rotatable bonds is 5. The number of carbonyl (C=O) groups excluding carboxylic acids is 1. The first-order valence-corrected chi connectivity index (χ1v) is 6.81. The van der Waals surface area contributed by atoms with Crippen LogP contribution in [0.4, 0.5) is 0 Å². The Labute approximate surface area is 113 Å². The second-order valence-corrected chi connectivity index (χ2v) is 5.03. The van der Waals surface area contributed by atoms with Gasteiger partial charge in [0.25, 0.3) is 0 Å². The first kappa shape index (κ1) is 14.0. The van der Waals surface area contributed by atoms with Crippen molar-refractivity contribution in [3.63, 3.8) is 0 Å². The monoisotopic (exact) mass is 263 g/mol. The van der Waals surface area contributed by atoms with Gasteiger partial charge in [0, 0.05) is 6.54 Å². The Morgan fingerprint density at radius 2 is 2.00 bits per heavy atom. The average Bonchev–Trinajstić information content (AvgIpc) is 2.86. The van der Waals surface area contributed by atoms with E-state index in [1.54, 1.807) is 0 Å². The topological polar surface area (TPSA) is 58.6 Å². The fourth-order valence-electron chi connectivity index (χ4n) is 2.25. The second-order valence-electron chi connectivity index (χ2n) is 5.03. The number of carbonyl (C=O) groups is 1. The molecule has 1 aliphatic rings. The highest BCUT2D eigenvalue weighted by Gasteiger charge is 2.27. The third-order valence-electron chi connectivity index (χ3n) is 3.44. The molecule has 1 aliphatic heterocycles. The van der Waals surface area contributed by atoms with Gasteiger partial charge in [0.15, 0.2) is 0 Å². The number of nitrogens with one attached hydrogen (secondary N) is 1. The summed E-state index contributed by atoms with van der Waals surface area (Å²) in [5.41, 5.74) is 2.05. The molecule has 2 unspecified atom stereocenters. The number of amides is 1. The third-order valence-corrected chi connectivity index (χ3v) is 3.44. The Hall–Kier alpha value is -1.39. The Morgan fingerprint density at radius 1 is 1.32 bits per heavy atom. The van der Waals surface area contributed by atoms with Gasteiger partial charge in [-0.25, -0.2) is 0 Å². The standard InChI is InChI=1S/C15H21NO3/c1-11-2-7-14(19-11)15(18)16-9-8-12-3-5-13(10-17)6-4-12/h3-6,11,14,17H,2,7-10H2,1H3,(H,16,18). The van der Waals surface area contributed by atoms with Crippen LogP contribution in [-0.4, -0.2) is 29.8 Å². The second kappa shape index (κ2) is 6.68. The molecule has 2 rings (SSSR count). The highest BCUT2D eigenvalue weighted by atomic mass is 16.5. The maximum atomic E-state index is 11.8. The van der Waals surface area contributed by atoms with Crippen molar-refractivity contribution in [1.29, 1.82) is 0 Å². The highest BCUT2D eigenvalue weighted by Crippen LogP contribution is 2.18. The van der Waals surface area contributed by atoms with Crippen LogP contribution in [0.5, 0.6) is 0 Å². The third kappa shape index (κ3) is 4.04. The molecular weight excluding hydrogens is 242 g/mol. The molecule has 1 aromatic rings. The van der Waals surface area contributed by atoms with Crippen molar-refractivity contribution in [2.24, 2.45) is 0 Å². The summed E-state index contributed by atoms with van der Waals surface area (Å²) in [7, 11) is 0. The van der Waals surface area contributed by atoms with E-state index in [2.05, 4.69) is 5.32 Å². The lowest BCUT2D eigenvalue weighted by molar-refractivity contribution is -0.131. The number of ether oxygens (including phenoxy) is 1. The van der Waals surface area contributed by atoms with E-state index in [-0.39, 0.29) is 24.7 Å². The molecule has 1 fully saturated rings. The number of aliphatic hydroxyl groups excluding tert-OH is 1. The van der Waals surface area contributed by atoms with Gasteiger partial charge in [-0.3, -0.25) is 4.79 Å². The van der Waals surface area contributed by atoms with E-state index in [0.29, 0.717) is 6.54 Å². The summed E-state index contributed by atoms with van der Waals surface area (Å²) in [5, 5.41) is 11.9. The zero-order chi connectivity index (χ0) is 13.7. The quantitative estimate of drug-likeness (QED) is 0.844. The van der Waals surface area contributed by atoms with E-state index < -0.39 is 0 Å². The highest BCUT2D eigenvalue weighted by molar-refractivity contribution is 5.81. The zero-order valence-corrected chi connectivity index (χ0v) is 11.3. The fourth-order valence-corrected chi connectivity index (χ4v) is 2.25. The molecule has 0 spiro atoms. The van der Waals surface area contributed by atoms with Gasteiger partial charge in [-0.2, -0.15) is 0 Å². The van der Waals surface area contributed by atoms with E-state index in [0.717, 1.165) is 30.4 Å². The van der Waals surface area contributed by atoms with Crippen LogP contribution in [0.1, 0.15) is 30.9 Å². The smallest absolute Gasteiger partial charge is 0.249 e. The minimum atomic E-state index is -0.272. The first-order chi connectivity index (χ1) is 9.19. The number of hydrogen-bond donors (Lipinski definition) is 2. The predicted octanol–water partition coefficient (Wildman–Crippen LogP) is 1.41. The molecule has 0 radical (unpaired) electrons. The van der Waals surface area contributed by atoms with Crippen LogP contribution in [-0.2, 0) is 22.6 Å². The minimum absolute atomic E-state index is 0.00340. The minimum Gasteiger partial charge on any atom is -0.392 e.